The fraction of sp³-hybridized carbons (Fsp3) is 0.583. The average Bonchev–Trinajstić information content (AvgIpc) is 2.71. The van der Waals surface area contributed by atoms with Crippen molar-refractivity contribution in [2.45, 2.75) is 32.2 Å². The number of aromatic nitrogens is 4. The van der Waals surface area contributed by atoms with Crippen molar-refractivity contribution in [1.29, 1.82) is 0 Å². The molecule has 0 spiro atoms. The molecule has 0 unspecified atom stereocenters. The van der Waals surface area contributed by atoms with Gasteiger partial charge in [0.05, 0.1) is 6.20 Å². The minimum absolute atomic E-state index is 0.0427. The van der Waals surface area contributed by atoms with Crippen molar-refractivity contribution >= 4 is 17.1 Å². The Morgan fingerprint density at radius 1 is 1.33 bits per heavy atom. The van der Waals surface area contributed by atoms with Gasteiger partial charge in [0.15, 0.2) is 5.65 Å². The van der Waals surface area contributed by atoms with E-state index in [2.05, 4.69) is 31.8 Å². The zero-order chi connectivity index (χ0) is 12.8. The van der Waals surface area contributed by atoms with Gasteiger partial charge in [-0.1, -0.05) is 0 Å². The predicted octanol–water partition coefficient (Wildman–Crippen LogP) is 0.979. The number of nitrogens with zero attached hydrogens (tertiary/aromatic N) is 4. The van der Waals surface area contributed by atoms with Gasteiger partial charge in [-0.25, -0.2) is 9.97 Å². The van der Waals surface area contributed by atoms with E-state index in [-0.39, 0.29) is 5.54 Å². The monoisotopic (exact) mass is 246 g/mol. The minimum atomic E-state index is -0.0427. The molecule has 3 rings (SSSR count). The highest BCUT2D eigenvalue weighted by atomic mass is 15.3. The van der Waals surface area contributed by atoms with E-state index in [0.29, 0.717) is 0 Å². The minimum Gasteiger partial charge on any atom is -0.342 e. The largest absolute Gasteiger partial charge is 0.342 e. The second-order valence-electron chi connectivity index (χ2n) is 5.36. The molecule has 2 aromatic heterocycles. The van der Waals surface area contributed by atoms with Crippen LogP contribution in [0.15, 0.2) is 6.20 Å². The molecule has 2 aromatic rings. The number of hydrogen-bond donors (Lipinski definition) is 2. The number of aromatic amines is 1. The Bertz CT molecular complexity index is 563. The van der Waals surface area contributed by atoms with Gasteiger partial charge in [0.1, 0.15) is 11.3 Å². The van der Waals surface area contributed by atoms with E-state index in [4.69, 9.17) is 5.73 Å². The molecule has 1 aliphatic rings. The van der Waals surface area contributed by atoms with Crippen molar-refractivity contribution in [1.82, 2.24) is 19.9 Å². The van der Waals surface area contributed by atoms with Crippen LogP contribution >= 0.6 is 0 Å². The first-order chi connectivity index (χ1) is 8.53. The van der Waals surface area contributed by atoms with Crippen LogP contribution in [0.25, 0.3) is 11.2 Å². The lowest BCUT2D eigenvalue weighted by molar-refractivity contribution is 0.362. The first-order valence-electron chi connectivity index (χ1n) is 6.27. The second-order valence-corrected chi connectivity index (χ2v) is 5.36. The third kappa shape index (κ3) is 2.03. The van der Waals surface area contributed by atoms with Crippen molar-refractivity contribution < 1.29 is 0 Å². The summed E-state index contributed by atoms with van der Waals surface area (Å²) in [4.78, 5) is 18.5. The summed E-state index contributed by atoms with van der Waals surface area (Å²) < 4.78 is 0. The first-order valence-corrected chi connectivity index (χ1v) is 6.27. The van der Waals surface area contributed by atoms with Crippen molar-refractivity contribution in [2.75, 3.05) is 18.0 Å². The summed E-state index contributed by atoms with van der Waals surface area (Å²) in [6.07, 6.45) is 3.74. The molecule has 3 N–H and O–H groups in total. The van der Waals surface area contributed by atoms with E-state index in [1.807, 2.05) is 6.92 Å². The number of nitrogens with one attached hydrogen (secondary N) is 1. The molecule has 0 amide bonds. The molecule has 18 heavy (non-hydrogen) atoms. The van der Waals surface area contributed by atoms with Crippen molar-refractivity contribution in [3.8, 4) is 0 Å². The molecule has 96 valence electrons. The molecule has 6 nitrogen and oxygen atoms in total. The lowest BCUT2D eigenvalue weighted by Crippen LogP contribution is -2.48. The summed E-state index contributed by atoms with van der Waals surface area (Å²) >= 11 is 0. The van der Waals surface area contributed by atoms with Gasteiger partial charge in [-0.15, -0.1) is 0 Å². The maximum Gasteiger partial charge on any atom is 0.205 e. The Hall–Kier alpha value is -1.69. The van der Waals surface area contributed by atoms with Crippen LogP contribution in [-0.4, -0.2) is 38.6 Å². The molecule has 0 saturated carbocycles. The van der Waals surface area contributed by atoms with Crippen LogP contribution in [-0.2, 0) is 0 Å². The van der Waals surface area contributed by atoms with E-state index in [1.54, 1.807) is 6.20 Å². The summed E-state index contributed by atoms with van der Waals surface area (Å²) in [5.74, 6) is 1.62. The predicted molar refractivity (Wildman–Crippen MR) is 70.5 cm³/mol. The van der Waals surface area contributed by atoms with Gasteiger partial charge in [0.2, 0.25) is 5.95 Å². The highest BCUT2D eigenvalue weighted by Crippen LogP contribution is 2.23. The number of fused-ring (bicyclic) bond motifs is 1. The van der Waals surface area contributed by atoms with E-state index in [0.717, 1.165) is 48.9 Å². The van der Waals surface area contributed by atoms with Gasteiger partial charge in [0, 0.05) is 18.6 Å². The average molecular weight is 246 g/mol. The van der Waals surface area contributed by atoms with Crippen LogP contribution in [0.2, 0.25) is 0 Å². The smallest absolute Gasteiger partial charge is 0.205 e. The van der Waals surface area contributed by atoms with Crippen LogP contribution in [0.1, 0.15) is 25.6 Å². The zero-order valence-corrected chi connectivity index (χ0v) is 10.8. The van der Waals surface area contributed by atoms with Crippen LogP contribution in [0, 0.1) is 6.92 Å². The molecular formula is C12H18N6. The van der Waals surface area contributed by atoms with E-state index in [9.17, 15) is 0 Å². The Balaban J connectivity index is 1.87. The lowest BCUT2D eigenvalue weighted by Gasteiger charge is -2.36. The molecule has 1 aliphatic heterocycles. The Labute approximate surface area is 106 Å². The van der Waals surface area contributed by atoms with Crippen molar-refractivity contribution in [3.63, 3.8) is 0 Å². The Kier molecular flexibility index (Phi) is 2.48. The van der Waals surface area contributed by atoms with Crippen molar-refractivity contribution in [2.24, 2.45) is 5.73 Å². The highest BCUT2D eigenvalue weighted by molar-refractivity contribution is 5.72. The van der Waals surface area contributed by atoms with Gasteiger partial charge in [-0.3, -0.25) is 0 Å². The SMILES string of the molecule is Cc1ncc2[nH]c(N3CCC(C)(N)CC3)nc2n1. The second kappa shape index (κ2) is 3.91. The zero-order valence-electron chi connectivity index (χ0n) is 10.8. The molecule has 0 aliphatic carbocycles. The fourth-order valence-electron chi connectivity index (χ4n) is 2.26. The number of rotatable bonds is 1. The summed E-state index contributed by atoms with van der Waals surface area (Å²) in [7, 11) is 0. The fourth-order valence-corrected chi connectivity index (χ4v) is 2.26. The van der Waals surface area contributed by atoms with Gasteiger partial charge in [-0.2, -0.15) is 4.98 Å². The van der Waals surface area contributed by atoms with Gasteiger partial charge >= 0.3 is 0 Å². The highest BCUT2D eigenvalue weighted by Gasteiger charge is 2.27. The molecule has 3 heterocycles. The van der Waals surface area contributed by atoms with Crippen LogP contribution in [0.3, 0.4) is 0 Å². The number of aryl methyl sites for hydroxylation is 1. The lowest BCUT2D eigenvalue weighted by atomic mass is 9.91. The third-order valence-electron chi connectivity index (χ3n) is 3.55. The molecule has 0 bridgehead atoms. The number of H-pyrrole nitrogens is 1. The molecule has 6 heteroatoms. The maximum absolute atomic E-state index is 6.13. The number of imidazole rings is 1. The number of piperidine rings is 1. The summed E-state index contributed by atoms with van der Waals surface area (Å²) in [5.41, 5.74) is 7.71. The van der Waals surface area contributed by atoms with Gasteiger partial charge < -0.3 is 15.6 Å². The summed E-state index contributed by atoms with van der Waals surface area (Å²) in [5, 5.41) is 0. The number of anilines is 1. The van der Waals surface area contributed by atoms with Gasteiger partial charge in [0.25, 0.3) is 0 Å². The van der Waals surface area contributed by atoms with Gasteiger partial charge in [-0.05, 0) is 26.7 Å². The third-order valence-corrected chi connectivity index (χ3v) is 3.55. The molecule has 0 atom stereocenters. The maximum atomic E-state index is 6.13. The van der Waals surface area contributed by atoms with Crippen LogP contribution < -0.4 is 10.6 Å². The number of hydrogen-bond acceptors (Lipinski definition) is 5. The molecule has 0 aromatic carbocycles. The Morgan fingerprint density at radius 3 is 2.78 bits per heavy atom. The quantitative estimate of drug-likeness (QED) is 0.783. The van der Waals surface area contributed by atoms with E-state index >= 15 is 0 Å². The molecule has 1 saturated heterocycles. The standard InChI is InChI=1S/C12H18N6/c1-8-14-7-9-10(15-8)17-11(16-9)18-5-3-12(2,13)4-6-18/h7H,3-6,13H2,1-2H3,(H,14,15,16,17). The normalized spacial score (nSPS) is 19.4. The molecule has 1 fully saturated rings. The molecular weight excluding hydrogens is 228 g/mol. The van der Waals surface area contributed by atoms with Crippen molar-refractivity contribution in [3.05, 3.63) is 12.0 Å². The van der Waals surface area contributed by atoms with Crippen LogP contribution in [0.4, 0.5) is 5.95 Å². The van der Waals surface area contributed by atoms with E-state index < -0.39 is 0 Å². The van der Waals surface area contributed by atoms with Crippen LogP contribution in [0.5, 0.6) is 0 Å². The van der Waals surface area contributed by atoms with E-state index in [1.165, 1.54) is 0 Å². The Morgan fingerprint density at radius 2 is 2.06 bits per heavy atom. The number of nitrogens with two attached hydrogens (primary N) is 1. The summed E-state index contributed by atoms with van der Waals surface area (Å²) in [6, 6.07) is 0. The first kappa shape index (κ1) is 11.4. The summed E-state index contributed by atoms with van der Waals surface area (Å²) in [6.45, 7) is 5.84. The molecule has 0 radical (unpaired) electrons. The topological polar surface area (TPSA) is 83.7 Å².